The smallest absolute Gasteiger partial charge is 0.336 e. The number of hydrogen-bond donors (Lipinski definition) is 2. The Morgan fingerprint density at radius 1 is 1.37 bits per heavy atom. The van der Waals surface area contributed by atoms with Crippen LogP contribution in [-0.4, -0.2) is 42.2 Å². The van der Waals surface area contributed by atoms with Crippen molar-refractivity contribution in [1.29, 1.82) is 0 Å². The third-order valence-electron chi connectivity index (χ3n) is 2.94. The van der Waals surface area contributed by atoms with Gasteiger partial charge in [0.05, 0.1) is 5.56 Å². The Kier molecular flexibility index (Phi) is 6.87. The largest absolute Gasteiger partial charge is 0.478 e. The molecule has 106 valence electrons. The third-order valence-corrected chi connectivity index (χ3v) is 3.60. The third kappa shape index (κ3) is 5.20. The molecule has 0 aliphatic carbocycles. The van der Waals surface area contributed by atoms with Gasteiger partial charge in [0.15, 0.2) is 0 Å². The number of likely N-dealkylation sites (N-methyl/N-ethyl adjacent to an activating group) is 1. The molecule has 2 N–H and O–H groups in total. The van der Waals surface area contributed by atoms with Crippen LogP contribution in [0.15, 0.2) is 22.7 Å². The van der Waals surface area contributed by atoms with Crippen molar-refractivity contribution in [3.05, 3.63) is 28.2 Å². The summed E-state index contributed by atoms with van der Waals surface area (Å²) in [4.78, 5) is 13.3. The van der Waals surface area contributed by atoms with Gasteiger partial charge in [-0.1, -0.05) is 13.8 Å². The number of nitrogens with one attached hydrogen (secondary N) is 1. The summed E-state index contributed by atoms with van der Waals surface area (Å²) >= 11 is 3.28. The van der Waals surface area contributed by atoms with Gasteiger partial charge in [-0.3, -0.25) is 0 Å². The zero-order valence-corrected chi connectivity index (χ0v) is 13.0. The highest BCUT2D eigenvalue weighted by Gasteiger charge is 2.08. The Balaban J connectivity index is 2.50. The molecule has 19 heavy (non-hydrogen) atoms. The maximum Gasteiger partial charge on any atom is 0.336 e. The molecule has 0 spiro atoms. The predicted molar refractivity (Wildman–Crippen MR) is 82.0 cm³/mol. The van der Waals surface area contributed by atoms with Gasteiger partial charge in [0.1, 0.15) is 0 Å². The van der Waals surface area contributed by atoms with E-state index >= 15 is 0 Å². The van der Waals surface area contributed by atoms with Gasteiger partial charge in [0.2, 0.25) is 0 Å². The number of nitrogens with zero attached hydrogens (tertiary/aromatic N) is 1. The van der Waals surface area contributed by atoms with Crippen molar-refractivity contribution in [2.45, 2.75) is 20.3 Å². The van der Waals surface area contributed by atoms with Gasteiger partial charge in [-0.25, -0.2) is 4.79 Å². The summed E-state index contributed by atoms with van der Waals surface area (Å²) in [5, 5.41) is 12.2. The highest BCUT2D eigenvalue weighted by molar-refractivity contribution is 9.10. The average molecular weight is 329 g/mol. The Morgan fingerprint density at radius 3 is 2.63 bits per heavy atom. The minimum Gasteiger partial charge on any atom is -0.478 e. The van der Waals surface area contributed by atoms with E-state index in [1.54, 1.807) is 18.2 Å². The predicted octanol–water partition coefficient (Wildman–Crippen LogP) is 3.29. The normalized spacial score (nSPS) is 10.7. The van der Waals surface area contributed by atoms with Crippen LogP contribution in [0.3, 0.4) is 0 Å². The molecule has 0 heterocycles. The summed E-state index contributed by atoms with van der Waals surface area (Å²) in [5.74, 6) is -0.918. The topological polar surface area (TPSA) is 52.6 Å². The van der Waals surface area contributed by atoms with E-state index in [0.717, 1.165) is 38.3 Å². The molecule has 4 nitrogen and oxygen atoms in total. The lowest BCUT2D eigenvalue weighted by Gasteiger charge is -2.20. The summed E-state index contributed by atoms with van der Waals surface area (Å²) in [6, 6.07) is 5.21. The van der Waals surface area contributed by atoms with Crippen LogP contribution in [0.1, 0.15) is 30.6 Å². The number of rotatable bonds is 8. The summed E-state index contributed by atoms with van der Waals surface area (Å²) < 4.78 is 0.603. The van der Waals surface area contributed by atoms with Crippen LogP contribution in [0.25, 0.3) is 0 Å². The van der Waals surface area contributed by atoms with Gasteiger partial charge < -0.3 is 15.3 Å². The van der Waals surface area contributed by atoms with Crippen LogP contribution in [-0.2, 0) is 0 Å². The van der Waals surface area contributed by atoms with Gasteiger partial charge in [0, 0.05) is 23.2 Å². The second kappa shape index (κ2) is 8.17. The fourth-order valence-electron chi connectivity index (χ4n) is 1.90. The van der Waals surface area contributed by atoms with Gasteiger partial charge in [-0.05, 0) is 53.6 Å². The van der Waals surface area contributed by atoms with Crippen LogP contribution >= 0.6 is 15.9 Å². The monoisotopic (exact) mass is 328 g/mol. The lowest BCUT2D eigenvalue weighted by Crippen LogP contribution is -2.29. The molecular weight excluding hydrogens is 308 g/mol. The number of carboxylic acid groups (broad SMARTS) is 1. The molecule has 0 fully saturated rings. The summed E-state index contributed by atoms with van der Waals surface area (Å²) in [7, 11) is 0. The molecule has 5 heteroatoms. The first kappa shape index (κ1) is 16.0. The molecule has 0 aliphatic heterocycles. The number of aromatic carboxylic acids is 1. The summed E-state index contributed by atoms with van der Waals surface area (Å²) in [5.41, 5.74) is 1.22. The lowest BCUT2D eigenvalue weighted by atomic mass is 10.2. The molecule has 0 radical (unpaired) electrons. The van der Waals surface area contributed by atoms with E-state index < -0.39 is 5.97 Å². The van der Waals surface area contributed by atoms with Crippen molar-refractivity contribution >= 4 is 27.6 Å². The number of anilines is 1. The number of carboxylic acids is 1. The molecule has 0 aliphatic rings. The average Bonchev–Trinajstić information content (AvgIpc) is 2.37. The SMILES string of the molecule is CCCN(CC)CCNc1ccc(C(=O)O)c(Br)c1. The zero-order valence-electron chi connectivity index (χ0n) is 11.4. The van der Waals surface area contributed by atoms with E-state index in [2.05, 4.69) is 40.0 Å². The van der Waals surface area contributed by atoms with E-state index in [1.165, 1.54) is 0 Å². The van der Waals surface area contributed by atoms with Crippen LogP contribution in [0.2, 0.25) is 0 Å². The number of benzene rings is 1. The van der Waals surface area contributed by atoms with Crippen molar-refractivity contribution in [2.75, 3.05) is 31.5 Å². The first-order chi connectivity index (χ1) is 9.08. The molecule has 0 atom stereocenters. The molecule has 1 rings (SSSR count). The highest BCUT2D eigenvalue weighted by Crippen LogP contribution is 2.21. The molecular formula is C14H21BrN2O2. The van der Waals surface area contributed by atoms with Crippen LogP contribution in [0.4, 0.5) is 5.69 Å². The van der Waals surface area contributed by atoms with Crippen molar-refractivity contribution < 1.29 is 9.90 Å². The minimum absolute atomic E-state index is 0.284. The van der Waals surface area contributed by atoms with E-state index in [-0.39, 0.29) is 5.56 Å². The minimum atomic E-state index is -0.918. The standard InChI is InChI=1S/C14H21BrN2O2/c1-3-8-17(4-2)9-7-16-11-5-6-12(14(18)19)13(15)10-11/h5-6,10,16H,3-4,7-9H2,1-2H3,(H,18,19). The quantitative estimate of drug-likeness (QED) is 0.768. The van der Waals surface area contributed by atoms with Crippen molar-refractivity contribution in [3.63, 3.8) is 0 Å². The fraction of sp³-hybridized carbons (Fsp3) is 0.500. The second-order valence-electron chi connectivity index (χ2n) is 4.36. The Hall–Kier alpha value is -1.07. The van der Waals surface area contributed by atoms with E-state index in [0.29, 0.717) is 4.47 Å². The van der Waals surface area contributed by atoms with Crippen molar-refractivity contribution in [2.24, 2.45) is 0 Å². The van der Waals surface area contributed by atoms with Crippen LogP contribution in [0, 0.1) is 0 Å². The lowest BCUT2D eigenvalue weighted by molar-refractivity contribution is 0.0696. The van der Waals surface area contributed by atoms with Gasteiger partial charge in [0.25, 0.3) is 0 Å². The number of halogens is 1. The van der Waals surface area contributed by atoms with Crippen LogP contribution < -0.4 is 5.32 Å². The molecule has 0 saturated heterocycles. The highest BCUT2D eigenvalue weighted by atomic mass is 79.9. The van der Waals surface area contributed by atoms with E-state index in [1.807, 2.05) is 0 Å². The van der Waals surface area contributed by atoms with E-state index in [9.17, 15) is 4.79 Å². The number of carbonyl (C=O) groups is 1. The first-order valence-electron chi connectivity index (χ1n) is 6.57. The van der Waals surface area contributed by atoms with Crippen molar-refractivity contribution in [1.82, 2.24) is 4.90 Å². The molecule has 0 unspecified atom stereocenters. The fourth-order valence-corrected chi connectivity index (χ4v) is 2.45. The van der Waals surface area contributed by atoms with Gasteiger partial charge in [-0.15, -0.1) is 0 Å². The Labute approximate surface area is 122 Å². The maximum absolute atomic E-state index is 10.9. The van der Waals surface area contributed by atoms with Gasteiger partial charge >= 0.3 is 5.97 Å². The van der Waals surface area contributed by atoms with Gasteiger partial charge in [-0.2, -0.15) is 0 Å². The second-order valence-corrected chi connectivity index (χ2v) is 5.22. The zero-order chi connectivity index (χ0) is 14.3. The molecule has 0 saturated carbocycles. The van der Waals surface area contributed by atoms with Crippen molar-refractivity contribution in [3.8, 4) is 0 Å². The maximum atomic E-state index is 10.9. The Morgan fingerprint density at radius 2 is 2.11 bits per heavy atom. The molecule has 1 aromatic carbocycles. The van der Waals surface area contributed by atoms with Crippen LogP contribution in [0.5, 0.6) is 0 Å². The molecule has 0 aromatic heterocycles. The molecule has 1 aromatic rings. The summed E-state index contributed by atoms with van der Waals surface area (Å²) in [6.07, 6.45) is 1.16. The summed E-state index contributed by atoms with van der Waals surface area (Å²) in [6.45, 7) is 8.35. The molecule has 0 amide bonds. The van der Waals surface area contributed by atoms with E-state index in [4.69, 9.17) is 5.11 Å². The number of hydrogen-bond acceptors (Lipinski definition) is 3. The Bertz CT molecular complexity index is 424. The first-order valence-corrected chi connectivity index (χ1v) is 7.36. The molecule has 0 bridgehead atoms.